The van der Waals surface area contributed by atoms with Crippen LogP contribution in [0.1, 0.15) is 59.4 Å². The SMILES string of the molecule is CC.CCC(CC)(CCc1ccccc1)/C(C)=N/OCC(=O)OC. The van der Waals surface area contributed by atoms with Crippen molar-refractivity contribution in [3.63, 3.8) is 0 Å². The number of hydrogen-bond donors (Lipinski definition) is 0. The molecule has 1 aromatic rings. The highest BCUT2D eigenvalue weighted by molar-refractivity contribution is 5.87. The monoisotopic (exact) mass is 335 g/mol. The van der Waals surface area contributed by atoms with E-state index in [1.54, 1.807) is 0 Å². The molecule has 1 rings (SSSR count). The number of ether oxygens (including phenoxy) is 1. The predicted molar refractivity (Wildman–Crippen MR) is 100 cm³/mol. The molecule has 0 aliphatic carbocycles. The maximum atomic E-state index is 11.1. The zero-order chi connectivity index (χ0) is 18.4. The van der Waals surface area contributed by atoms with E-state index in [1.807, 2.05) is 26.8 Å². The number of hydrogen-bond acceptors (Lipinski definition) is 4. The minimum absolute atomic E-state index is 0.00591. The lowest BCUT2D eigenvalue weighted by atomic mass is 9.74. The summed E-state index contributed by atoms with van der Waals surface area (Å²) in [6.45, 7) is 10.2. The van der Waals surface area contributed by atoms with Crippen LogP contribution in [0.5, 0.6) is 0 Å². The zero-order valence-corrected chi connectivity index (χ0v) is 16.1. The fourth-order valence-electron chi connectivity index (χ4n) is 2.66. The summed E-state index contributed by atoms with van der Waals surface area (Å²) in [5.74, 6) is -0.417. The van der Waals surface area contributed by atoms with Crippen LogP contribution in [0.25, 0.3) is 0 Å². The van der Waals surface area contributed by atoms with Crippen molar-refractivity contribution in [1.29, 1.82) is 0 Å². The van der Waals surface area contributed by atoms with Crippen molar-refractivity contribution in [2.45, 2.75) is 60.3 Å². The van der Waals surface area contributed by atoms with Gasteiger partial charge >= 0.3 is 5.97 Å². The molecule has 0 atom stereocenters. The molecule has 0 radical (unpaired) electrons. The van der Waals surface area contributed by atoms with Crippen LogP contribution < -0.4 is 0 Å². The topological polar surface area (TPSA) is 47.9 Å². The van der Waals surface area contributed by atoms with Gasteiger partial charge in [0.25, 0.3) is 0 Å². The van der Waals surface area contributed by atoms with Gasteiger partial charge in [-0.1, -0.05) is 63.2 Å². The highest BCUT2D eigenvalue weighted by Gasteiger charge is 2.30. The van der Waals surface area contributed by atoms with Gasteiger partial charge in [-0.15, -0.1) is 0 Å². The fraction of sp³-hybridized carbons (Fsp3) is 0.600. The van der Waals surface area contributed by atoms with Gasteiger partial charge in [-0.2, -0.15) is 0 Å². The Morgan fingerprint density at radius 2 is 1.71 bits per heavy atom. The molecule has 0 fully saturated rings. The average molecular weight is 335 g/mol. The average Bonchev–Trinajstić information content (AvgIpc) is 2.65. The van der Waals surface area contributed by atoms with Crippen molar-refractivity contribution in [3.8, 4) is 0 Å². The third-order valence-electron chi connectivity index (χ3n) is 4.47. The van der Waals surface area contributed by atoms with Crippen molar-refractivity contribution in [1.82, 2.24) is 0 Å². The molecule has 0 unspecified atom stereocenters. The van der Waals surface area contributed by atoms with Crippen LogP contribution in [0.4, 0.5) is 0 Å². The molecule has 0 bridgehead atoms. The first-order valence-electron chi connectivity index (χ1n) is 8.85. The van der Waals surface area contributed by atoms with Crippen molar-refractivity contribution < 1.29 is 14.4 Å². The number of esters is 1. The Labute approximate surface area is 147 Å². The molecule has 0 N–H and O–H groups in total. The molecule has 4 nitrogen and oxygen atoms in total. The summed E-state index contributed by atoms with van der Waals surface area (Å²) in [4.78, 5) is 16.2. The van der Waals surface area contributed by atoms with Crippen LogP contribution in [0, 0.1) is 5.41 Å². The minimum Gasteiger partial charge on any atom is -0.466 e. The van der Waals surface area contributed by atoms with E-state index < -0.39 is 5.97 Å². The van der Waals surface area contributed by atoms with Gasteiger partial charge in [-0.3, -0.25) is 0 Å². The van der Waals surface area contributed by atoms with Crippen molar-refractivity contribution in [3.05, 3.63) is 35.9 Å². The van der Waals surface area contributed by atoms with Crippen molar-refractivity contribution >= 4 is 11.7 Å². The minimum atomic E-state index is -0.417. The van der Waals surface area contributed by atoms with E-state index in [0.717, 1.165) is 31.4 Å². The second-order valence-electron chi connectivity index (χ2n) is 5.50. The molecule has 136 valence electrons. The predicted octanol–water partition coefficient (Wildman–Crippen LogP) is 5.02. The van der Waals surface area contributed by atoms with Gasteiger partial charge in [0.05, 0.1) is 12.8 Å². The summed E-state index contributed by atoms with van der Waals surface area (Å²) in [5.41, 5.74) is 2.28. The van der Waals surface area contributed by atoms with Crippen LogP contribution in [-0.4, -0.2) is 25.4 Å². The van der Waals surface area contributed by atoms with Crippen LogP contribution in [-0.2, 0) is 20.8 Å². The maximum Gasteiger partial charge on any atom is 0.346 e. The van der Waals surface area contributed by atoms with Crippen LogP contribution in [0.15, 0.2) is 35.5 Å². The van der Waals surface area contributed by atoms with Gasteiger partial charge in [0.2, 0.25) is 6.61 Å². The Hall–Kier alpha value is -1.84. The molecular weight excluding hydrogens is 302 g/mol. The molecule has 4 heteroatoms. The molecule has 0 aromatic heterocycles. The first-order chi connectivity index (χ1) is 11.6. The van der Waals surface area contributed by atoms with E-state index in [2.05, 4.69) is 48.0 Å². The standard InChI is InChI=1S/C18H27NO3.C2H6/c1-5-18(6-2,13-12-16-10-8-7-9-11-16)15(3)19-22-14-17(20)21-4;1-2/h7-11H,5-6,12-14H2,1-4H3;1-2H3/b19-15+;. The van der Waals surface area contributed by atoms with E-state index in [-0.39, 0.29) is 12.0 Å². The van der Waals surface area contributed by atoms with Crippen LogP contribution in [0.3, 0.4) is 0 Å². The lowest BCUT2D eigenvalue weighted by molar-refractivity contribution is -0.145. The quantitative estimate of drug-likeness (QED) is 0.362. The summed E-state index contributed by atoms with van der Waals surface area (Å²) in [6.07, 6.45) is 4.01. The number of carbonyl (C=O) groups is 1. The maximum absolute atomic E-state index is 11.1. The smallest absolute Gasteiger partial charge is 0.346 e. The summed E-state index contributed by atoms with van der Waals surface area (Å²) >= 11 is 0. The normalized spacial score (nSPS) is 11.3. The Morgan fingerprint density at radius 1 is 1.12 bits per heavy atom. The number of rotatable bonds is 9. The van der Waals surface area contributed by atoms with Gasteiger partial charge in [-0.25, -0.2) is 4.79 Å². The third-order valence-corrected chi connectivity index (χ3v) is 4.47. The van der Waals surface area contributed by atoms with E-state index >= 15 is 0 Å². The molecule has 24 heavy (non-hydrogen) atoms. The molecule has 1 aromatic carbocycles. The third kappa shape index (κ3) is 7.16. The lowest BCUT2D eigenvalue weighted by Crippen LogP contribution is -2.29. The summed E-state index contributed by atoms with van der Waals surface area (Å²) in [5, 5.41) is 4.15. The molecule has 0 aliphatic heterocycles. The Balaban J connectivity index is 0.00000254. The first-order valence-corrected chi connectivity index (χ1v) is 8.85. The highest BCUT2D eigenvalue weighted by atomic mass is 16.6. The first kappa shape index (κ1) is 22.2. The van der Waals surface area contributed by atoms with Gasteiger partial charge in [-0.05, 0) is 38.2 Å². The van der Waals surface area contributed by atoms with Crippen LogP contribution >= 0.6 is 0 Å². The molecule has 0 saturated carbocycles. The van der Waals surface area contributed by atoms with Gasteiger partial charge in [0, 0.05) is 5.41 Å². The number of nitrogens with zero attached hydrogens (tertiary/aromatic N) is 1. The van der Waals surface area contributed by atoms with E-state index in [0.29, 0.717) is 0 Å². The van der Waals surface area contributed by atoms with Crippen LogP contribution in [0.2, 0.25) is 0 Å². The largest absolute Gasteiger partial charge is 0.466 e. The van der Waals surface area contributed by atoms with Gasteiger partial charge < -0.3 is 9.57 Å². The van der Waals surface area contributed by atoms with Gasteiger partial charge in [0.1, 0.15) is 0 Å². The molecule has 0 heterocycles. The Kier molecular flexibility index (Phi) is 11.6. The fourth-order valence-corrected chi connectivity index (χ4v) is 2.66. The number of methoxy groups -OCH3 is 1. The molecule has 0 aliphatic rings. The Bertz CT molecular complexity index is 479. The number of oxime groups is 1. The summed E-state index contributed by atoms with van der Waals surface area (Å²) in [7, 11) is 1.34. The summed E-state index contributed by atoms with van der Waals surface area (Å²) < 4.78 is 4.54. The second kappa shape index (κ2) is 12.6. The van der Waals surface area contributed by atoms with Crippen molar-refractivity contribution in [2.75, 3.05) is 13.7 Å². The summed E-state index contributed by atoms with van der Waals surface area (Å²) in [6, 6.07) is 10.5. The van der Waals surface area contributed by atoms with Crippen molar-refractivity contribution in [2.24, 2.45) is 10.6 Å². The second-order valence-corrected chi connectivity index (χ2v) is 5.50. The molecular formula is C20H33NO3. The highest BCUT2D eigenvalue weighted by Crippen LogP contribution is 2.34. The number of aryl methyl sites for hydroxylation is 1. The Morgan fingerprint density at radius 3 is 2.21 bits per heavy atom. The molecule has 0 amide bonds. The number of carbonyl (C=O) groups excluding carboxylic acids is 1. The lowest BCUT2D eigenvalue weighted by Gasteiger charge is -2.31. The molecule has 0 spiro atoms. The van der Waals surface area contributed by atoms with E-state index in [9.17, 15) is 4.79 Å². The van der Waals surface area contributed by atoms with Gasteiger partial charge in [0.15, 0.2) is 0 Å². The van der Waals surface area contributed by atoms with E-state index in [1.165, 1.54) is 12.7 Å². The zero-order valence-electron chi connectivity index (χ0n) is 16.1. The van der Waals surface area contributed by atoms with E-state index in [4.69, 9.17) is 4.84 Å². The molecule has 0 saturated heterocycles. The number of benzene rings is 1.